The lowest BCUT2D eigenvalue weighted by molar-refractivity contribution is -0.274. The van der Waals surface area contributed by atoms with E-state index >= 15 is 0 Å². The van der Waals surface area contributed by atoms with Crippen LogP contribution < -0.4 is 9.47 Å². The molecule has 168 valence electrons. The highest BCUT2D eigenvalue weighted by molar-refractivity contribution is 5.69. The zero-order chi connectivity index (χ0) is 23.2. The van der Waals surface area contributed by atoms with Gasteiger partial charge in [0, 0.05) is 0 Å². The van der Waals surface area contributed by atoms with Gasteiger partial charge in [-0.15, -0.1) is 13.2 Å². The predicted molar refractivity (Wildman–Crippen MR) is 105 cm³/mol. The molecule has 0 fully saturated rings. The van der Waals surface area contributed by atoms with Crippen molar-refractivity contribution in [3.05, 3.63) is 96.3 Å². The van der Waals surface area contributed by atoms with Crippen LogP contribution in [0.3, 0.4) is 0 Å². The van der Waals surface area contributed by atoms with Gasteiger partial charge in [0.05, 0.1) is 11.8 Å². The fourth-order valence-electron chi connectivity index (χ4n) is 2.68. The van der Waals surface area contributed by atoms with E-state index in [-0.39, 0.29) is 12.2 Å². The highest BCUT2D eigenvalue weighted by Crippen LogP contribution is 2.35. The zero-order valence-electron chi connectivity index (χ0n) is 16.3. The first-order valence-corrected chi connectivity index (χ1v) is 9.17. The molecule has 3 aromatic carbocycles. The van der Waals surface area contributed by atoms with E-state index in [1.165, 1.54) is 0 Å². The Bertz CT molecular complexity index is 1040. The monoisotopic (exact) mass is 454 g/mol. The molecule has 0 amide bonds. The maximum Gasteiger partial charge on any atom is 0.573 e. The maximum atomic E-state index is 13.4. The summed E-state index contributed by atoms with van der Waals surface area (Å²) in [5, 5.41) is 0. The number of hydrogen-bond acceptors (Lipinski definition) is 3. The highest BCUT2D eigenvalue weighted by atomic mass is 19.4. The van der Waals surface area contributed by atoms with Crippen molar-refractivity contribution in [1.82, 2.24) is 0 Å². The van der Waals surface area contributed by atoms with Crippen LogP contribution in [0.2, 0.25) is 0 Å². The topological polar surface area (TPSA) is 27.7 Å². The van der Waals surface area contributed by atoms with Gasteiger partial charge >= 0.3 is 12.5 Å². The third-order valence-corrected chi connectivity index (χ3v) is 4.03. The molecule has 3 rings (SSSR count). The summed E-state index contributed by atoms with van der Waals surface area (Å²) in [5.41, 5.74) is -0.953. The first-order chi connectivity index (χ1) is 15.1. The average molecular weight is 454 g/mol. The minimum Gasteiger partial charge on any atom is -0.496 e. The van der Waals surface area contributed by atoms with Crippen molar-refractivity contribution < 1.29 is 40.6 Å². The molecule has 0 saturated carbocycles. The van der Waals surface area contributed by atoms with Gasteiger partial charge in [0.2, 0.25) is 0 Å². The molecule has 0 aromatic heterocycles. The summed E-state index contributed by atoms with van der Waals surface area (Å²) < 4.78 is 91.4. The Morgan fingerprint density at radius 2 is 1.38 bits per heavy atom. The van der Waals surface area contributed by atoms with Crippen LogP contribution >= 0.6 is 0 Å². The van der Waals surface area contributed by atoms with Crippen molar-refractivity contribution in [2.24, 2.45) is 0 Å². The van der Waals surface area contributed by atoms with E-state index in [0.717, 1.165) is 24.3 Å². The summed E-state index contributed by atoms with van der Waals surface area (Å²) in [7, 11) is 0. The Hall–Kier alpha value is -3.62. The van der Waals surface area contributed by atoms with Crippen LogP contribution in [0.1, 0.15) is 11.1 Å². The van der Waals surface area contributed by atoms with Crippen molar-refractivity contribution in [2.75, 3.05) is 0 Å². The fraction of sp³-hybridized carbons (Fsp3) is 0.130. The molecule has 0 unspecified atom stereocenters. The highest BCUT2D eigenvalue weighted by Gasteiger charge is 2.36. The van der Waals surface area contributed by atoms with Crippen LogP contribution in [0.5, 0.6) is 17.2 Å². The fourth-order valence-corrected chi connectivity index (χ4v) is 2.68. The van der Waals surface area contributed by atoms with Crippen LogP contribution in [0.15, 0.2) is 85.1 Å². The molecule has 0 N–H and O–H groups in total. The zero-order valence-corrected chi connectivity index (χ0v) is 16.3. The Morgan fingerprint density at radius 3 is 2.00 bits per heavy atom. The van der Waals surface area contributed by atoms with Crippen molar-refractivity contribution in [1.29, 1.82) is 0 Å². The molecule has 0 aliphatic carbocycles. The molecule has 0 spiro atoms. The summed E-state index contributed by atoms with van der Waals surface area (Å²) in [4.78, 5) is 0. The van der Waals surface area contributed by atoms with Gasteiger partial charge < -0.3 is 14.2 Å². The van der Waals surface area contributed by atoms with Gasteiger partial charge in [-0.3, -0.25) is 0 Å². The quantitative estimate of drug-likeness (QED) is 0.273. The lowest BCUT2D eigenvalue weighted by atomic mass is 10.1. The Labute approximate surface area is 179 Å². The summed E-state index contributed by atoms with van der Waals surface area (Å²) in [6.07, 6.45) is -9.19. The first-order valence-electron chi connectivity index (χ1n) is 9.17. The third-order valence-electron chi connectivity index (χ3n) is 4.03. The van der Waals surface area contributed by atoms with E-state index in [2.05, 4.69) is 4.74 Å². The molecule has 32 heavy (non-hydrogen) atoms. The molecule has 0 heterocycles. The molecule has 0 saturated heterocycles. The van der Waals surface area contributed by atoms with E-state index < -0.39 is 23.9 Å². The molecule has 0 radical (unpaired) electrons. The van der Waals surface area contributed by atoms with Crippen LogP contribution in [-0.4, -0.2) is 12.5 Å². The van der Waals surface area contributed by atoms with E-state index in [1.807, 2.05) is 6.07 Å². The number of ether oxygens (including phenoxy) is 3. The molecule has 9 heteroatoms. The number of hydrogen-bond donors (Lipinski definition) is 0. The molecule has 0 aliphatic heterocycles. The molecule has 3 nitrogen and oxygen atoms in total. The minimum atomic E-state index is -4.94. The number of allylic oxidation sites excluding steroid dienone is 1. The second kappa shape index (κ2) is 9.67. The normalized spacial score (nSPS) is 12.4. The summed E-state index contributed by atoms with van der Waals surface area (Å²) >= 11 is 0. The van der Waals surface area contributed by atoms with Crippen molar-refractivity contribution in [3.63, 3.8) is 0 Å². The lowest BCUT2D eigenvalue weighted by Crippen LogP contribution is -2.17. The van der Waals surface area contributed by atoms with Crippen molar-refractivity contribution >= 4 is 5.57 Å². The van der Waals surface area contributed by atoms with E-state index in [4.69, 9.17) is 9.47 Å². The first kappa shape index (κ1) is 23.1. The van der Waals surface area contributed by atoms with Crippen LogP contribution in [0.25, 0.3) is 5.57 Å². The van der Waals surface area contributed by atoms with Gasteiger partial charge in [0.1, 0.15) is 23.9 Å². The maximum absolute atomic E-state index is 13.4. The average Bonchev–Trinajstić information content (AvgIpc) is 2.71. The Morgan fingerprint density at radius 1 is 0.719 bits per heavy atom. The SMILES string of the molecule is FC(F)(F)Oc1ccc(C(=COCc2cccc(Oc3ccccc3)c2)C(F)(F)F)cc1. The molecule has 0 bridgehead atoms. The predicted octanol–water partition coefficient (Wildman–Crippen LogP) is 7.50. The largest absolute Gasteiger partial charge is 0.573 e. The number of rotatable bonds is 7. The molecule has 3 aromatic rings. The van der Waals surface area contributed by atoms with E-state index in [9.17, 15) is 26.3 Å². The summed E-state index contributed by atoms with van der Waals surface area (Å²) in [6.45, 7) is -0.180. The van der Waals surface area contributed by atoms with E-state index in [0.29, 0.717) is 23.3 Å². The van der Waals surface area contributed by atoms with Gasteiger partial charge in [-0.05, 0) is 47.5 Å². The number of para-hydroxylation sites is 1. The summed E-state index contributed by atoms with van der Waals surface area (Å²) in [5.74, 6) is 0.458. The lowest BCUT2D eigenvalue weighted by Gasteiger charge is -2.14. The molecule has 0 atom stereocenters. The molecule has 0 aliphatic rings. The standard InChI is InChI=1S/C23H16F6O3/c24-22(25,26)21(17-9-11-19(12-10-17)32-23(27,28)29)15-30-14-16-5-4-8-20(13-16)31-18-6-2-1-3-7-18/h1-13,15H,14H2. The van der Waals surface area contributed by atoms with Crippen molar-refractivity contribution in [3.8, 4) is 17.2 Å². The molecular weight excluding hydrogens is 438 g/mol. The smallest absolute Gasteiger partial charge is 0.496 e. The van der Waals surface area contributed by atoms with Crippen LogP contribution in [0.4, 0.5) is 26.3 Å². The molecular formula is C23H16F6O3. The Balaban J connectivity index is 1.70. The van der Waals surface area contributed by atoms with Crippen LogP contribution in [-0.2, 0) is 11.3 Å². The van der Waals surface area contributed by atoms with Gasteiger partial charge in [-0.25, -0.2) is 0 Å². The van der Waals surface area contributed by atoms with Gasteiger partial charge in [-0.1, -0.05) is 42.5 Å². The Kier molecular flexibility index (Phi) is 6.97. The van der Waals surface area contributed by atoms with Gasteiger partial charge in [-0.2, -0.15) is 13.2 Å². The number of halogens is 6. The van der Waals surface area contributed by atoms with Gasteiger partial charge in [0.15, 0.2) is 0 Å². The summed E-state index contributed by atoms with van der Waals surface area (Å²) in [6, 6.07) is 18.9. The van der Waals surface area contributed by atoms with E-state index in [1.54, 1.807) is 48.5 Å². The minimum absolute atomic E-state index is 0.180. The number of benzene rings is 3. The second-order valence-corrected chi connectivity index (χ2v) is 6.47. The number of alkyl halides is 6. The third kappa shape index (κ3) is 6.97. The van der Waals surface area contributed by atoms with Gasteiger partial charge in [0.25, 0.3) is 0 Å². The van der Waals surface area contributed by atoms with Crippen molar-refractivity contribution in [2.45, 2.75) is 19.1 Å². The van der Waals surface area contributed by atoms with Crippen LogP contribution in [0, 0.1) is 0 Å². The second-order valence-electron chi connectivity index (χ2n) is 6.47.